The Morgan fingerprint density at radius 3 is 2.55 bits per heavy atom. The molecule has 0 saturated heterocycles. The van der Waals surface area contributed by atoms with Crippen molar-refractivity contribution in [1.82, 2.24) is 39.9 Å². The van der Waals surface area contributed by atoms with Crippen molar-refractivity contribution in [1.29, 1.82) is 0 Å². The van der Waals surface area contributed by atoms with Crippen LogP contribution in [0.15, 0.2) is 60.9 Å². The third-order valence-electron chi connectivity index (χ3n) is 5.07. The van der Waals surface area contributed by atoms with Crippen molar-refractivity contribution < 1.29 is 4.79 Å². The fraction of sp³-hybridized carbons (Fsp3) is 0.200. The average Bonchev–Trinajstić information content (AvgIpc) is 3.44. The van der Waals surface area contributed by atoms with Gasteiger partial charge in [-0.15, -0.1) is 15.3 Å². The van der Waals surface area contributed by atoms with Gasteiger partial charge >= 0.3 is 0 Å². The lowest BCUT2D eigenvalue weighted by Crippen LogP contribution is -2.40. The highest BCUT2D eigenvalue weighted by molar-refractivity contribution is 5.94. The fourth-order valence-electron chi connectivity index (χ4n) is 3.69. The zero-order valence-electron chi connectivity index (χ0n) is 15.8. The Bertz CT molecular complexity index is 1140. The standard InChI is InChI=1S/C20H18N8O/c1-14-11-26(12-18-22-23-19(28(14)18)15-5-3-2-4-6-15)20(29)16-7-9-17(10-8-16)27-13-21-24-25-27/h2-10,13-14H,11-12H2,1H3/t14-/m0/s1. The van der Waals surface area contributed by atoms with E-state index in [1.807, 2.05) is 47.4 Å². The van der Waals surface area contributed by atoms with E-state index in [1.54, 1.807) is 16.8 Å². The molecule has 0 fully saturated rings. The van der Waals surface area contributed by atoms with E-state index in [2.05, 4.69) is 37.2 Å². The average molecular weight is 386 g/mol. The van der Waals surface area contributed by atoms with Crippen LogP contribution in [0.1, 0.15) is 29.1 Å². The molecule has 5 rings (SSSR count). The molecule has 144 valence electrons. The number of fused-ring (bicyclic) bond motifs is 1. The van der Waals surface area contributed by atoms with Gasteiger partial charge in [-0.2, -0.15) is 0 Å². The molecule has 0 spiro atoms. The van der Waals surface area contributed by atoms with Crippen molar-refractivity contribution in [2.45, 2.75) is 19.5 Å². The first kappa shape index (κ1) is 17.2. The summed E-state index contributed by atoms with van der Waals surface area (Å²) in [6.45, 7) is 3.11. The topological polar surface area (TPSA) is 94.6 Å². The second kappa shape index (κ2) is 6.93. The van der Waals surface area contributed by atoms with Gasteiger partial charge in [-0.05, 0) is 41.6 Å². The minimum absolute atomic E-state index is 0.0318. The highest BCUT2D eigenvalue weighted by Gasteiger charge is 2.30. The number of aromatic nitrogens is 7. The van der Waals surface area contributed by atoms with Crippen LogP contribution in [0, 0.1) is 0 Å². The van der Waals surface area contributed by atoms with Crippen molar-refractivity contribution >= 4 is 5.91 Å². The van der Waals surface area contributed by atoms with Gasteiger partial charge in [0.1, 0.15) is 6.33 Å². The lowest BCUT2D eigenvalue weighted by molar-refractivity contribution is 0.0682. The molecule has 1 aliphatic heterocycles. The smallest absolute Gasteiger partial charge is 0.254 e. The van der Waals surface area contributed by atoms with Crippen LogP contribution in [0.25, 0.3) is 17.1 Å². The van der Waals surface area contributed by atoms with Gasteiger partial charge < -0.3 is 9.47 Å². The first-order valence-corrected chi connectivity index (χ1v) is 9.32. The van der Waals surface area contributed by atoms with Gasteiger partial charge in [0.15, 0.2) is 11.6 Å². The van der Waals surface area contributed by atoms with E-state index >= 15 is 0 Å². The lowest BCUT2D eigenvalue weighted by Gasteiger charge is -2.32. The number of benzene rings is 2. The summed E-state index contributed by atoms with van der Waals surface area (Å²) in [5, 5.41) is 19.8. The monoisotopic (exact) mass is 386 g/mol. The van der Waals surface area contributed by atoms with Crippen LogP contribution in [-0.2, 0) is 6.54 Å². The van der Waals surface area contributed by atoms with Crippen LogP contribution in [-0.4, -0.2) is 52.3 Å². The van der Waals surface area contributed by atoms with Crippen molar-refractivity contribution in [2.75, 3.05) is 6.54 Å². The number of rotatable bonds is 3. The third kappa shape index (κ3) is 3.06. The molecule has 0 radical (unpaired) electrons. The molecule has 29 heavy (non-hydrogen) atoms. The number of hydrogen-bond acceptors (Lipinski definition) is 6. The van der Waals surface area contributed by atoms with Crippen LogP contribution >= 0.6 is 0 Å². The zero-order valence-corrected chi connectivity index (χ0v) is 15.8. The maximum atomic E-state index is 13.1. The summed E-state index contributed by atoms with van der Waals surface area (Å²) >= 11 is 0. The van der Waals surface area contributed by atoms with E-state index < -0.39 is 0 Å². The molecule has 0 saturated carbocycles. The second-order valence-electron chi connectivity index (χ2n) is 7.01. The van der Waals surface area contributed by atoms with Crippen LogP contribution in [0.2, 0.25) is 0 Å². The summed E-state index contributed by atoms with van der Waals surface area (Å²) in [5.74, 6) is 1.60. The van der Waals surface area contributed by atoms with Gasteiger partial charge in [0.05, 0.1) is 18.3 Å². The quantitative estimate of drug-likeness (QED) is 0.535. The van der Waals surface area contributed by atoms with Gasteiger partial charge in [0.2, 0.25) is 0 Å². The highest BCUT2D eigenvalue weighted by atomic mass is 16.2. The molecule has 2 aromatic carbocycles. The largest absolute Gasteiger partial charge is 0.329 e. The summed E-state index contributed by atoms with van der Waals surface area (Å²) in [7, 11) is 0. The number of carbonyl (C=O) groups is 1. The normalized spacial score (nSPS) is 15.9. The van der Waals surface area contributed by atoms with Gasteiger partial charge in [-0.3, -0.25) is 4.79 Å². The minimum Gasteiger partial charge on any atom is -0.329 e. The van der Waals surface area contributed by atoms with E-state index in [1.165, 1.54) is 6.33 Å². The van der Waals surface area contributed by atoms with E-state index in [-0.39, 0.29) is 11.9 Å². The number of hydrogen-bond donors (Lipinski definition) is 0. The highest BCUT2D eigenvalue weighted by Crippen LogP contribution is 2.28. The first-order chi connectivity index (χ1) is 14.2. The molecule has 4 aromatic rings. The number of amides is 1. The molecule has 2 aromatic heterocycles. The third-order valence-corrected chi connectivity index (χ3v) is 5.07. The van der Waals surface area contributed by atoms with Crippen molar-refractivity contribution in [3.8, 4) is 17.1 Å². The van der Waals surface area contributed by atoms with E-state index in [0.29, 0.717) is 18.7 Å². The van der Waals surface area contributed by atoms with Gasteiger partial charge in [0.25, 0.3) is 5.91 Å². The molecule has 0 bridgehead atoms. The Hall–Kier alpha value is -3.88. The molecular formula is C20H18N8O. The maximum absolute atomic E-state index is 13.1. The molecule has 9 heteroatoms. The van der Waals surface area contributed by atoms with Crippen LogP contribution < -0.4 is 0 Å². The fourth-order valence-corrected chi connectivity index (χ4v) is 3.69. The van der Waals surface area contributed by atoms with Crippen molar-refractivity contribution in [3.63, 3.8) is 0 Å². The predicted molar refractivity (Wildman–Crippen MR) is 104 cm³/mol. The molecule has 1 amide bonds. The zero-order chi connectivity index (χ0) is 19.8. The van der Waals surface area contributed by atoms with Gasteiger partial charge in [-0.1, -0.05) is 30.3 Å². The predicted octanol–water partition coefficient (Wildman–Crippen LogP) is 2.14. The first-order valence-electron chi connectivity index (χ1n) is 9.32. The number of tetrazole rings is 1. The van der Waals surface area contributed by atoms with Crippen LogP contribution in [0.5, 0.6) is 0 Å². The Labute approximate surface area is 166 Å². The van der Waals surface area contributed by atoms with E-state index in [9.17, 15) is 4.79 Å². The molecule has 1 aliphatic rings. The minimum atomic E-state index is -0.0318. The Balaban J connectivity index is 1.39. The SMILES string of the molecule is C[C@H]1CN(C(=O)c2ccc(-n3cnnn3)cc2)Cc2nnc(-c3ccccc3)n21. The number of carbonyl (C=O) groups excluding carboxylic acids is 1. The van der Waals surface area contributed by atoms with Gasteiger partial charge in [0, 0.05) is 17.7 Å². The summed E-state index contributed by atoms with van der Waals surface area (Å²) in [6, 6.07) is 17.3. The van der Waals surface area contributed by atoms with Crippen LogP contribution in [0.3, 0.4) is 0 Å². The second-order valence-corrected chi connectivity index (χ2v) is 7.01. The molecule has 0 aliphatic carbocycles. The van der Waals surface area contributed by atoms with Crippen molar-refractivity contribution in [3.05, 3.63) is 72.3 Å². The van der Waals surface area contributed by atoms with E-state index in [4.69, 9.17) is 0 Å². The summed E-state index contributed by atoms with van der Waals surface area (Å²) < 4.78 is 3.67. The molecule has 0 unspecified atom stereocenters. The Morgan fingerprint density at radius 2 is 1.83 bits per heavy atom. The Morgan fingerprint density at radius 1 is 1.03 bits per heavy atom. The summed E-state index contributed by atoms with van der Waals surface area (Å²) in [6.07, 6.45) is 1.51. The van der Waals surface area contributed by atoms with Crippen LogP contribution in [0.4, 0.5) is 0 Å². The summed E-state index contributed by atoms with van der Waals surface area (Å²) in [5.41, 5.74) is 2.44. The van der Waals surface area contributed by atoms with Crippen molar-refractivity contribution in [2.24, 2.45) is 0 Å². The summed E-state index contributed by atoms with van der Waals surface area (Å²) in [4.78, 5) is 14.9. The molecule has 1 atom stereocenters. The van der Waals surface area contributed by atoms with Gasteiger partial charge in [-0.25, -0.2) is 4.68 Å². The maximum Gasteiger partial charge on any atom is 0.254 e. The Kier molecular flexibility index (Phi) is 4.12. The number of nitrogens with zero attached hydrogens (tertiary/aromatic N) is 8. The molecule has 0 N–H and O–H groups in total. The molecular weight excluding hydrogens is 368 g/mol. The lowest BCUT2D eigenvalue weighted by atomic mass is 10.1. The molecule has 9 nitrogen and oxygen atoms in total. The van der Waals surface area contributed by atoms with E-state index in [0.717, 1.165) is 22.9 Å². The molecule has 3 heterocycles.